The summed E-state index contributed by atoms with van der Waals surface area (Å²) >= 11 is 4.46. The summed E-state index contributed by atoms with van der Waals surface area (Å²) in [6, 6.07) is 11.7. The first-order valence-corrected chi connectivity index (χ1v) is 12.4. The first-order chi connectivity index (χ1) is 15.6. The molecule has 0 saturated heterocycles. The average Bonchev–Trinajstić information content (AvgIpc) is 3.55. The fraction of sp³-hybridized carbons (Fsp3) is 0.182. The van der Waals surface area contributed by atoms with Gasteiger partial charge in [0.25, 0.3) is 10.8 Å². The molecule has 162 valence electrons. The van der Waals surface area contributed by atoms with Crippen molar-refractivity contribution in [1.29, 1.82) is 0 Å². The molecule has 5 rings (SSSR count). The number of thiophene rings is 2. The van der Waals surface area contributed by atoms with Crippen LogP contribution in [-0.2, 0) is 6.42 Å². The van der Waals surface area contributed by atoms with Gasteiger partial charge in [0.15, 0.2) is 0 Å². The minimum atomic E-state index is -0.159. The molecule has 0 aliphatic rings. The summed E-state index contributed by atoms with van der Waals surface area (Å²) < 4.78 is 11.0. The molecule has 4 heterocycles. The Labute approximate surface area is 195 Å². The second kappa shape index (κ2) is 8.89. The molecule has 1 atom stereocenters. The third-order valence-electron chi connectivity index (χ3n) is 4.87. The maximum atomic E-state index is 12.8. The fourth-order valence-corrected chi connectivity index (χ4v) is 5.78. The second-order valence-corrected chi connectivity index (χ2v) is 10.1. The van der Waals surface area contributed by atoms with E-state index in [1.807, 2.05) is 54.1 Å². The molecule has 0 radical (unpaired) electrons. The van der Waals surface area contributed by atoms with Gasteiger partial charge < -0.3 is 14.1 Å². The van der Waals surface area contributed by atoms with Gasteiger partial charge in [-0.2, -0.15) is 0 Å². The lowest BCUT2D eigenvalue weighted by Gasteiger charge is -2.07. The number of hydrogen-bond donors (Lipinski definition) is 1. The van der Waals surface area contributed by atoms with Gasteiger partial charge in [0.1, 0.15) is 16.4 Å². The molecular weight excluding hydrogens is 464 g/mol. The fourth-order valence-electron chi connectivity index (χ4n) is 3.25. The molecule has 0 aliphatic carbocycles. The van der Waals surface area contributed by atoms with E-state index in [-0.39, 0.29) is 10.8 Å². The van der Waals surface area contributed by atoms with Crippen molar-refractivity contribution in [2.24, 2.45) is 0 Å². The van der Waals surface area contributed by atoms with E-state index in [1.54, 1.807) is 18.4 Å². The van der Waals surface area contributed by atoms with Gasteiger partial charge in [0.2, 0.25) is 5.89 Å². The van der Waals surface area contributed by atoms with Crippen LogP contribution in [0.15, 0.2) is 61.6 Å². The Kier molecular flexibility index (Phi) is 5.81. The van der Waals surface area contributed by atoms with Gasteiger partial charge in [-0.05, 0) is 36.1 Å². The number of rotatable bonds is 7. The van der Waals surface area contributed by atoms with Gasteiger partial charge in [-0.15, -0.1) is 32.9 Å². The van der Waals surface area contributed by atoms with Crippen LogP contribution in [0.5, 0.6) is 5.75 Å². The number of thioether (sulfide) groups is 1. The lowest BCUT2D eigenvalue weighted by Crippen LogP contribution is -2.12. The zero-order chi connectivity index (χ0) is 22.1. The molecule has 32 heavy (non-hydrogen) atoms. The first-order valence-electron chi connectivity index (χ1n) is 9.78. The minimum Gasteiger partial charge on any atom is -0.497 e. The van der Waals surface area contributed by atoms with Crippen LogP contribution in [0.1, 0.15) is 29.5 Å². The molecule has 10 heteroatoms. The van der Waals surface area contributed by atoms with Gasteiger partial charge in [0.05, 0.1) is 24.2 Å². The molecule has 1 N–H and O–H groups in total. The molecule has 7 nitrogen and oxygen atoms in total. The number of aromatic amines is 1. The zero-order valence-corrected chi connectivity index (χ0v) is 19.6. The topological polar surface area (TPSA) is 93.9 Å². The molecule has 4 aromatic heterocycles. The maximum absolute atomic E-state index is 12.8. The predicted octanol–water partition coefficient (Wildman–Crippen LogP) is 5.55. The molecule has 1 aromatic carbocycles. The third-order valence-corrected chi connectivity index (χ3v) is 7.59. The molecule has 0 spiro atoms. The first kappa shape index (κ1) is 20.9. The number of nitrogens with zero attached hydrogens (tertiary/aromatic N) is 3. The molecule has 0 saturated carbocycles. The molecule has 0 bridgehead atoms. The number of methoxy groups -OCH3 is 1. The van der Waals surface area contributed by atoms with Crippen LogP contribution in [0, 0.1) is 0 Å². The van der Waals surface area contributed by atoms with Gasteiger partial charge >= 0.3 is 0 Å². The lowest BCUT2D eigenvalue weighted by molar-refractivity contribution is 0.413. The molecule has 0 aliphatic heterocycles. The van der Waals surface area contributed by atoms with Gasteiger partial charge in [0, 0.05) is 15.8 Å². The highest BCUT2D eigenvalue weighted by atomic mass is 32.2. The summed E-state index contributed by atoms with van der Waals surface area (Å²) in [6.07, 6.45) is 0.535. The Bertz CT molecular complexity index is 1400. The second-order valence-electron chi connectivity index (χ2n) is 7.00. The van der Waals surface area contributed by atoms with Crippen LogP contribution in [0.2, 0.25) is 0 Å². The van der Waals surface area contributed by atoms with Crippen LogP contribution < -0.4 is 10.3 Å². The van der Waals surface area contributed by atoms with Crippen LogP contribution >= 0.6 is 34.4 Å². The van der Waals surface area contributed by atoms with E-state index in [0.29, 0.717) is 28.7 Å². The predicted molar refractivity (Wildman–Crippen MR) is 128 cm³/mol. The molecule has 5 aromatic rings. The van der Waals surface area contributed by atoms with Crippen LogP contribution in [0.3, 0.4) is 0 Å². The minimum absolute atomic E-state index is 0.132. The number of fused-ring (bicyclic) bond motifs is 1. The molecule has 0 fully saturated rings. The number of ether oxygens (including phenoxy) is 1. The quantitative estimate of drug-likeness (QED) is 0.304. The summed E-state index contributed by atoms with van der Waals surface area (Å²) in [5.74, 6) is 1.92. The number of hydrogen-bond acceptors (Lipinski definition) is 9. The van der Waals surface area contributed by atoms with Crippen molar-refractivity contribution in [3.05, 3.63) is 74.8 Å². The van der Waals surface area contributed by atoms with Gasteiger partial charge in [-0.3, -0.25) is 4.79 Å². The Morgan fingerprint density at radius 1 is 1.19 bits per heavy atom. The summed E-state index contributed by atoms with van der Waals surface area (Å²) in [5.41, 5.74) is 1.85. The molecular formula is C22H18N4O3S3. The normalized spacial score (nSPS) is 12.3. The highest BCUT2D eigenvalue weighted by Crippen LogP contribution is 2.36. The number of aromatic nitrogens is 4. The largest absolute Gasteiger partial charge is 0.497 e. The zero-order valence-electron chi connectivity index (χ0n) is 17.2. The SMILES string of the molecule is COc1ccc(Cc2nnc(SC(C)c3nc4scc(-c5cccs5)c4c(=O)[nH]3)o2)cc1. The highest BCUT2D eigenvalue weighted by molar-refractivity contribution is 7.99. The Hall–Kier alpha value is -2.95. The Balaban J connectivity index is 1.33. The van der Waals surface area contributed by atoms with E-state index >= 15 is 0 Å². The van der Waals surface area contributed by atoms with Crippen molar-refractivity contribution >= 4 is 44.7 Å². The van der Waals surface area contributed by atoms with Crippen molar-refractivity contribution < 1.29 is 9.15 Å². The van der Waals surface area contributed by atoms with E-state index < -0.39 is 0 Å². The van der Waals surface area contributed by atoms with Gasteiger partial charge in [-0.1, -0.05) is 30.0 Å². The monoisotopic (exact) mass is 482 g/mol. The van der Waals surface area contributed by atoms with Gasteiger partial charge in [-0.25, -0.2) is 4.98 Å². The lowest BCUT2D eigenvalue weighted by atomic mass is 10.1. The van der Waals surface area contributed by atoms with Crippen molar-refractivity contribution in [2.75, 3.05) is 7.11 Å². The maximum Gasteiger partial charge on any atom is 0.277 e. The summed E-state index contributed by atoms with van der Waals surface area (Å²) in [4.78, 5) is 22.3. The number of nitrogens with one attached hydrogen (secondary N) is 1. The van der Waals surface area contributed by atoms with E-state index in [1.165, 1.54) is 23.1 Å². The van der Waals surface area contributed by atoms with Crippen molar-refractivity contribution in [2.45, 2.75) is 23.8 Å². The van der Waals surface area contributed by atoms with Crippen molar-refractivity contribution in [3.63, 3.8) is 0 Å². The van der Waals surface area contributed by atoms with E-state index in [4.69, 9.17) is 14.1 Å². The summed E-state index contributed by atoms with van der Waals surface area (Å²) in [7, 11) is 1.64. The standard InChI is InChI=1S/C22H18N4O3S3/c1-12(32-22-26-25-17(29-22)10-13-5-7-14(28-2)8-6-13)19-23-20(27)18-15(11-31-21(18)24-19)16-4-3-9-30-16/h3-9,11-12H,10H2,1-2H3,(H,23,24,27). The molecule has 0 amide bonds. The Morgan fingerprint density at radius 3 is 2.78 bits per heavy atom. The summed E-state index contributed by atoms with van der Waals surface area (Å²) in [6.45, 7) is 1.95. The van der Waals surface area contributed by atoms with Crippen LogP contribution in [0.4, 0.5) is 0 Å². The van der Waals surface area contributed by atoms with E-state index in [9.17, 15) is 4.79 Å². The van der Waals surface area contributed by atoms with E-state index in [2.05, 4.69) is 15.2 Å². The number of benzene rings is 1. The van der Waals surface area contributed by atoms with Crippen LogP contribution in [0.25, 0.3) is 20.7 Å². The molecule has 1 unspecified atom stereocenters. The Morgan fingerprint density at radius 2 is 2.03 bits per heavy atom. The van der Waals surface area contributed by atoms with E-state index in [0.717, 1.165) is 26.6 Å². The average molecular weight is 483 g/mol. The number of H-pyrrole nitrogens is 1. The smallest absolute Gasteiger partial charge is 0.277 e. The third kappa shape index (κ3) is 4.21. The summed E-state index contributed by atoms with van der Waals surface area (Å²) in [5, 5.41) is 13.2. The van der Waals surface area contributed by atoms with Crippen molar-refractivity contribution in [1.82, 2.24) is 20.2 Å². The highest BCUT2D eigenvalue weighted by Gasteiger charge is 2.19. The van der Waals surface area contributed by atoms with Crippen LogP contribution in [-0.4, -0.2) is 27.3 Å². The van der Waals surface area contributed by atoms with Crippen molar-refractivity contribution in [3.8, 4) is 16.2 Å².